The van der Waals surface area contributed by atoms with Crippen molar-refractivity contribution in [3.63, 3.8) is 0 Å². The molecule has 1 aromatic rings. The number of nitrogens with one attached hydrogen (secondary N) is 2. The van der Waals surface area contributed by atoms with E-state index in [9.17, 15) is 4.79 Å². The SMILES string of the molecule is CC.COC/C=C\C(NC(=O)CNCCOc1ccccc1)=C(C)C. The Balaban J connectivity index is 0.00000277. The number of methoxy groups -OCH3 is 1. The first kappa shape index (κ1) is 22.9. The summed E-state index contributed by atoms with van der Waals surface area (Å²) in [6.45, 7) is 9.78. The lowest BCUT2D eigenvalue weighted by atomic mass is 10.2. The van der Waals surface area contributed by atoms with Crippen molar-refractivity contribution in [3.8, 4) is 5.75 Å². The number of allylic oxidation sites excluding steroid dienone is 2. The summed E-state index contributed by atoms with van der Waals surface area (Å²) in [5.74, 6) is 0.747. The molecule has 0 saturated heterocycles. The van der Waals surface area contributed by atoms with Crippen LogP contribution >= 0.6 is 0 Å². The third kappa shape index (κ3) is 12.0. The Labute approximate surface area is 152 Å². The first-order valence-corrected chi connectivity index (χ1v) is 8.65. The Kier molecular flexibility index (Phi) is 14.1. The van der Waals surface area contributed by atoms with Gasteiger partial charge in [-0.05, 0) is 32.1 Å². The molecule has 0 heterocycles. The molecule has 1 aromatic carbocycles. The zero-order chi connectivity index (χ0) is 18.9. The highest BCUT2D eigenvalue weighted by Gasteiger charge is 2.03. The lowest BCUT2D eigenvalue weighted by Crippen LogP contribution is -2.35. The summed E-state index contributed by atoms with van der Waals surface area (Å²) >= 11 is 0. The highest BCUT2D eigenvalue weighted by atomic mass is 16.5. The van der Waals surface area contributed by atoms with Gasteiger partial charge in [0.1, 0.15) is 12.4 Å². The van der Waals surface area contributed by atoms with Crippen LogP contribution in [0.1, 0.15) is 27.7 Å². The van der Waals surface area contributed by atoms with Gasteiger partial charge in [-0.25, -0.2) is 0 Å². The highest BCUT2D eigenvalue weighted by molar-refractivity contribution is 5.80. The fourth-order valence-corrected chi connectivity index (χ4v) is 1.75. The molecule has 0 bridgehead atoms. The minimum atomic E-state index is -0.0806. The average Bonchev–Trinajstić information content (AvgIpc) is 2.63. The molecule has 2 N–H and O–H groups in total. The highest BCUT2D eigenvalue weighted by Crippen LogP contribution is 2.07. The number of hydrogen-bond donors (Lipinski definition) is 2. The molecule has 5 heteroatoms. The Bertz CT molecular complexity index is 521. The van der Waals surface area contributed by atoms with E-state index in [1.54, 1.807) is 7.11 Å². The van der Waals surface area contributed by atoms with E-state index in [1.807, 2.05) is 70.2 Å². The van der Waals surface area contributed by atoms with Gasteiger partial charge in [0, 0.05) is 19.4 Å². The van der Waals surface area contributed by atoms with Crippen LogP contribution in [0.3, 0.4) is 0 Å². The van der Waals surface area contributed by atoms with Crippen molar-refractivity contribution in [1.82, 2.24) is 10.6 Å². The van der Waals surface area contributed by atoms with Gasteiger partial charge in [0.15, 0.2) is 0 Å². The average molecular weight is 348 g/mol. The molecular formula is C20H32N2O3. The molecule has 0 aliphatic rings. The quantitative estimate of drug-likeness (QED) is 0.503. The number of ether oxygens (including phenoxy) is 2. The molecule has 0 aliphatic carbocycles. The van der Waals surface area contributed by atoms with Gasteiger partial charge in [0.25, 0.3) is 0 Å². The van der Waals surface area contributed by atoms with Gasteiger partial charge in [-0.3, -0.25) is 4.79 Å². The second-order valence-electron chi connectivity index (χ2n) is 5.16. The summed E-state index contributed by atoms with van der Waals surface area (Å²) in [5, 5.41) is 5.94. The van der Waals surface area contributed by atoms with E-state index >= 15 is 0 Å². The van der Waals surface area contributed by atoms with Gasteiger partial charge in [0.2, 0.25) is 5.91 Å². The number of carbonyl (C=O) groups excluding carboxylic acids is 1. The zero-order valence-electron chi connectivity index (χ0n) is 16.1. The van der Waals surface area contributed by atoms with E-state index < -0.39 is 0 Å². The third-order valence-electron chi connectivity index (χ3n) is 2.94. The first-order valence-electron chi connectivity index (χ1n) is 8.65. The van der Waals surface area contributed by atoms with Crippen LogP contribution in [0.2, 0.25) is 0 Å². The van der Waals surface area contributed by atoms with Crippen LogP contribution in [0.5, 0.6) is 5.75 Å². The Hall–Kier alpha value is -2.11. The Morgan fingerprint density at radius 1 is 1.16 bits per heavy atom. The fourth-order valence-electron chi connectivity index (χ4n) is 1.75. The number of carbonyl (C=O) groups is 1. The molecule has 0 spiro atoms. The Morgan fingerprint density at radius 2 is 1.84 bits per heavy atom. The van der Waals surface area contributed by atoms with Crippen LogP contribution in [0.15, 0.2) is 53.8 Å². The number of benzene rings is 1. The summed E-state index contributed by atoms with van der Waals surface area (Å²) in [5.41, 5.74) is 1.84. The van der Waals surface area contributed by atoms with Crippen LogP contribution in [0.25, 0.3) is 0 Å². The summed E-state index contributed by atoms with van der Waals surface area (Å²) in [6, 6.07) is 9.60. The van der Waals surface area contributed by atoms with E-state index in [0.717, 1.165) is 17.0 Å². The predicted octanol–water partition coefficient (Wildman–Crippen LogP) is 3.29. The maximum atomic E-state index is 11.9. The first-order chi connectivity index (χ1) is 12.1. The monoisotopic (exact) mass is 348 g/mol. The molecule has 25 heavy (non-hydrogen) atoms. The van der Waals surface area contributed by atoms with Crippen molar-refractivity contribution in [2.24, 2.45) is 0 Å². The molecule has 0 unspecified atom stereocenters. The van der Waals surface area contributed by atoms with E-state index in [4.69, 9.17) is 9.47 Å². The van der Waals surface area contributed by atoms with Crippen molar-refractivity contribution >= 4 is 5.91 Å². The summed E-state index contributed by atoms with van der Waals surface area (Å²) in [6.07, 6.45) is 3.72. The summed E-state index contributed by atoms with van der Waals surface area (Å²) < 4.78 is 10.5. The molecule has 0 aromatic heterocycles. The molecule has 0 fully saturated rings. The second-order valence-corrected chi connectivity index (χ2v) is 5.16. The molecule has 1 amide bonds. The van der Waals surface area contributed by atoms with Gasteiger partial charge < -0.3 is 20.1 Å². The third-order valence-corrected chi connectivity index (χ3v) is 2.94. The van der Waals surface area contributed by atoms with E-state index in [0.29, 0.717) is 19.8 Å². The van der Waals surface area contributed by atoms with Crippen molar-refractivity contribution in [2.75, 3.05) is 33.4 Å². The molecule has 0 saturated carbocycles. The molecule has 0 radical (unpaired) electrons. The second kappa shape index (κ2) is 15.4. The molecule has 5 nitrogen and oxygen atoms in total. The van der Waals surface area contributed by atoms with Crippen LogP contribution in [-0.2, 0) is 9.53 Å². The molecular weight excluding hydrogens is 316 g/mol. The van der Waals surface area contributed by atoms with Gasteiger partial charge in [-0.15, -0.1) is 0 Å². The predicted molar refractivity (Wildman–Crippen MR) is 104 cm³/mol. The van der Waals surface area contributed by atoms with E-state index in [1.165, 1.54) is 0 Å². The van der Waals surface area contributed by atoms with Crippen LogP contribution in [0, 0.1) is 0 Å². The van der Waals surface area contributed by atoms with E-state index in [-0.39, 0.29) is 12.5 Å². The minimum absolute atomic E-state index is 0.0806. The number of amides is 1. The van der Waals surface area contributed by atoms with Crippen LogP contribution < -0.4 is 15.4 Å². The summed E-state index contributed by atoms with van der Waals surface area (Å²) in [4.78, 5) is 11.9. The van der Waals surface area contributed by atoms with Crippen molar-refractivity contribution in [3.05, 3.63) is 53.8 Å². The summed E-state index contributed by atoms with van der Waals surface area (Å²) in [7, 11) is 1.63. The Morgan fingerprint density at radius 3 is 2.44 bits per heavy atom. The molecule has 1 rings (SSSR count). The maximum Gasteiger partial charge on any atom is 0.238 e. The van der Waals surface area contributed by atoms with Gasteiger partial charge >= 0.3 is 0 Å². The van der Waals surface area contributed by atoms with Crippen molar-refractivity contribution in [2.45, 2.75) is 27.7 Å². The lowest BCUT2D eigenvalue weighted by Gasteiger charge is -2.10. The smallest absolute Gasteiger partial charge is 0.238 e. The largest absolute Gasteiger partial charge is 0.492 e. The number of hydrogen-bond acceptors (Lipinski definition) is 4. The topological polar surface area (TPSA) is 59.6 Å². The number of para-hydroxylation sites is 1. The standard InChI is InChI=1S/C18H26N2O3.C2H6/c1-15(2)17(10-7-12-22-3)20-18(21)14-19-11-13-23-16-8-5-4-6-9-16;1-2/h4-10,19H,11-14H2,1-3H3,(H,20,21);1-2H3/b10-7-;. The maximum absolute atomic E-state index is 11.9. The van der Waals surface area contributed by atoms with Crippen molar-refractivity contribution in [1.29, 1.82) is 0 Å². The molecule has 0 atom stereocenters. The van der Waals surface area contributed by atoms with Gasteiger partial charge in [0.05, 0.1) is 13.2 Å². The molecule has 0 aliphatic heterocycles. The van der Waals surface area contributed by atoms with Gasteiger partial charge in [-0.1, -0.05) is 43.7 Å². The van der Waals surface area contributed by atoms with Crippen LogP contribution in [0.4, 0.5) is 0 Å². The van der Waals surface area contributed by atoms with E-state index in [2.05, 4.69) is 10.6 Å². The number of rotatable bonds is 10. The zero-order valence-corrected chi connectivity index (χ0v) is 16.1. The lowest BCUT2D eigenvalue weighted by molar-refractivity contribution is -0.119. The van der Waals surface area contributed by atoms with Crippen molar-refractivity contribution < 1.29 is 14.3 Å². The molecule has 140 valence electrons. The minimum Gasteiger partial charge on any atom is -0.492 e. The fraction of sp³-hybridized carbons (Fsp3) is 0.450. The van der Waals surface area contributed by atoms with Crippen LogP contribution in [-0.4, -0.2) is 39.3 Å². The normalized spacial score (nSPS) is 9.96. The van der Waals surface area contributed by atoms with Gasteiger partial charge in [-0.2, -0.15) is 0 Å².